The summed E-state index contributed by atoms with van der Waals surface area (Å²) in [5, 5.41) is 31.4. The normalized spacial score (nSPS) is 26.0. The van der Waals surface area contributed by atoms with E-state index in [-0.39, 0.29) is 42.1 Å². The molecule has 5 rings (SSSR count). The molecule has 0 spiro atoms. The second-order valence-corrected chi connectivity index (χ2v) is 10.1. The highest BCUT2D eigenvalue weighted by molar-refractivity contribution is 7.71. The molecule has 1 aromatic carbocycles. The Morgan fingerprint density at radius 2 is 2.00 bits per heavy atom. The first-order chi connectivity index (χ1) is 17.1. The highest BCUT2D eigenvalue weighted by Gasteiger charge is 2.42. The largest absolute Gasteiger partial charge is 0.394 e. The van der Waals surface area contributed by atoms with Gasteiger partial charge in [0.2, 0.25) is 4.77 Å². The van der Waals surface area contributed by atoms with Crippen molar-refractivity contribution in [1.29, 1.82) is 0 Å². The van der Waals surface area contributed by atoms with Crippen LogP contribution in [0.15, 0.2) is 18.2 Å². The van der Waals surface area contributed by atoms with Crippen LogP contribution in [0.3, 0.4) is 0 Å². The molecule has 2 aromatic heterocycles. The molecule has 2 fully saturated rings. The first-order valence-electron chi connectivity index (χ1n) is 11.8. The molecule has 2 aliphatic rings. The molecular formula is C23H28F2N6O4S. The van der Waals surface area contributed by atoms with Gasteiger partial charge in [-0.3, -0.25) is 0 Å². The molecule has 2 aliphatic carbocycles. The Labute approximate surface area is 210 Å². The Balaban J connectivity index is 1.37. The molecule has 0 unspecified atom stereocenters. The average Bonchev–Trinajstić information content (AvgIpc) is 3.25. The summed E-state index contributed by atoms with van der Waals surface area (Å²) in [5.74, 6) is -2.50. The van der Waals surface area contributed by atoms with Crippen molar-refractivity contribution in [3.05, 3.63) is 40.2 Å². The summed E-state index contributed by atoms with van der Waals surface area (Å²) in [6.45, 7) is 3.14. The van der Waals surface area contributed by atoms with E-state index in [4.69, 9.17) is 21.7 Å². The molecule has 194 valence electrons. The number of halogens is 2. The first kappa shape index (κ1) is 25.1. The van der Waals surface area contributed by atoms with Crippen LogP contribution in [0.1, 0.15) is 50.6 Å². The Morgan fingerprint density at radius 3 is 2.72 bits per heavy atom. The number of anilines is 1. The van der Waals surface area contributed by atoms with E-state index in [1.54, 1.807) is 24.6 Å². The quantitative estimate of drug-likeness (QED) is 0.247. The van der Waals surface area contributed by atoms with Crippen molar-refractivity contribution in [2.45, 2.75) is 69.1 Å². The van der Waals surface area contributed by atoms with Gasteiger partial charge in [0, 0.05) is 12.0 Å². The highest BCUT2D eigenvalue weighted by Crippen LogP contribution is 2.44. The van der Waals surface area contributed by atoms with Crippen molar-refractivity contribution in [3.63, 3.8) is 0 Å². The van der Waals surface area contributed by atoms with Crippen molar-refractivity contribution in [2.24, 2.45) is 0 Å². The Bertz CT molecular complexity index is 1310. The van der Waals surface area contributed by atoms with E-state index in [1.165, 1.54) is 6.07 Å². The number of nitrogens with one attached hydrogen (secondary N) is 2. The van der Waals surface area contributed by atoms with E-state index in [0.717, 1.165) is 18.1 Å². The second-order valence-electron chi connectivity index (χ2n) is 9.75. The standard InChI is InChI=1S/C23H28F2N6O4S/c1-23(2,33)35-18-9-12(8-17(18)34-6-5-32)31-21-19(29-30-31)20(27-22(36)28-21)26-16-10-13(16)11-3-4-14(24)15(25)7-11/h3-4,7,12-13,16-18,32-33H,5-6,8-10H2,1-2H3,(H2,26,27,28,36)/t12-,13+,16-,17+,18+/m1/s1. The molecular weight excluding hydrogens is 494 g/mol. The number of aliphatic hydroxyl groups excluding tert-OH is 1. The zero-order valence-corrected chi connectivity index (χ0v) is 20.6. The number of aliphatic hydroxyl groups is 2. The topological polar surface area (TPSA) is 130 Å². The summed E-state index contributed by atoms with van der Waals surface area (Å²) in [6.07, 6.45) is 0.990. The van der Waals surface area contributed by atoms with Gasteiger partial charge in [-0.15, -0.1) is 5.10 Å². The number of rotatable bonds is 9. The summed E-state index contributed by atoms with van der Waals surface area (Å²) in [5.41, 5.74) is 1.71. The van der Waals surface area contributed by atoms with Gasteiger partial charge < -0.3 is 30.0 Å². The molecule has 2 saturated carbocycles. The third kappa shape index (κ3) is 5.25. The van der Waals surface area contributed by atoms with Crippen LogP contribution in [0.2, 0.25) is 0 Å². The number of benzene rings is 1. The Hall–Kier alpha value is -2.58. The number of aromatic nitrogens is 5. The number of aromatic amines is 1. The van der Waals surface area contributed by atoms with Gasteiger partial charge in [-0.2, -0.15) is 4.98 Å². The van der Waals surface area contributed by atoms with Crippen LogP contribution in [0, 0.1) is 16.4 Å². The molecule has 0 amide bonds. The molecule has 5 atom stereocenters. The maximum Gasteiger partial charge on any atom is 0.200 e. The third-order valence-corrected chi connectivity index (χ3v) is 6.66. The minimum Gasteiger partial charge on any atom is -0.394 e. The van der Waals surface area contributed by atoms with Crippen molar-refractivity contribution >= 4 is 29.2 Å². The van der Waals surface area contributed by atoms with Crippen molar-refractivity contribution in [1.82, 2.24) is 25.0 Å². The summed E-state index contributed by atoms with van der Waals surface area (Å²) in [6, 6.07) is 3.76. The lowest BCUT2D eigenvalue weighted by Crippen LogP contribution is -2.36. The van der Waals surface area contributed by atoms with E-state index in [1.807, 2.05) is 0 Å². The van der Waals surface area contributed by atoms with Crippen molar-refractivity contribution in [2.75, 3.05) is 18.5 Å². The molecule has 0 radical (unpaired) electrons. The molecule has 0 bridgehead atoms. The number of fused-ring (bicyclic) bond motifs is 1. The minimum absolute atomic E-state index is 0.0106. The average molecular weight is 523 g/mol. The molecule has 0 saturated heterocycles. The van der Waals surface area contributed by atoms with Gasteiger partial charge in [0.15, 0.2) is 28.6 Å². The Morgan fingerprint density at radius 1 is 1.22 bits per heavy atom. The monoisotopic (exact) mass is 522 g/mol. The molecule has 36 heavy (non-hydrogen) atoms. The number of hydrogen-bond acceptors (Lipinski definition) is 9. The van der Waals surface area contributed by atoms with E-state index in [0.29, 0.717) is 29.8 Å². The molecule has 13 heteroatoms. The van der Waals surface area contributed by atoms with Crippen molar-refractivity contribution in [3.8, 4) is 0 Å². The van der Waals surface area contributed by atoms with Crippen LogP contribution >= 0.6 is 12.2 Å². The van der Waals surface area contributed by atoms with Gasteiger partial charge in [-0.1, -0.05) is 11.3 Å². The zero-order chi connectivity index (χ0) is 25.6. The number of H-pyrrole nitrogens is 1. The predicted molar refractivity (Wildman–Crippen MR) is 128 cm³/mol. The van der Waals surface area contributed by atoms with Gasteiger partial charge in [0.05, 0.1) is 31.5 Å². The van der Waals surface area contributed by atoms with Crippen LogP contribution < -0.4 is 5.32 Å². The summed E-state index contributed by atoms with van der Waals surface area (Å²) in [7, 11) is 0. The SMILES string of the molecule is CC(C)(O)O[C@H]1C[C@H](n2nnc3c(N[C@@H]4C[C@H]4c4ccc(F)c(F)c4)[nH]c(=S)nc32)C[C@@H]1OCCO. The number of nitrogens with zero attached hydrogens (tertiary/aromatic N) is 4. The minimum atomic E-state index is -1.35. The maximum absolute atomic E-state index is 13.7. The van der Waals surface area contributed by atoms with E-state index < -0.39 is 23.5 Å². The lowest BCUT2D eigenvalue weighted by Gasteiger charge is -2.27. The predicted octanol–water partition coefficient (Wildman–Crippen LogP) is 2.96. The maximum atomic E-state index is 13.7. The molecule has 10 nitrogen and oxygen atoms in total. The smallest absolute Gasteiger partial charge is 0.200 e. The number of hydrogen-bond donors (Lipinski definition) is 4. The molecule has 2 heterocycles. The van der Waals surface area contributed by atoms with E-state index in [2.05, 4.69) is 25.6 Å². The van der Waals surface area contributed by atoms with Crippen LogP contribution in [-0.4, -0.2) is 72.4 Å². The van der Waals surface area contributed by atoms with Gasteiger partial charge in [0.1, 0.15) is 5.82 Å². The van der Waals surface area contributed by atoms with E-state index in [9.17, 15) is 19.0 Å². The van der Waals surface area contributed by atoms with Crippen LogP contribution in [0.4, 0.5) is 14.6 Å². The van der Waals surface area contributed by atoms with Crippen LogP contribution in [-0.2, 0) is 9.47 Å². The lowest BCUT2D eigenvalue weighted by molar-refractivity contribution is -0.224. The summed E-state index contributed by atoms with van der Waals surface area (Å²) >= 11 is 5.35. The van der Waals surface area contributed by atoms with Crippen molar-refractivity contribution < 1.29 is 28.5 Å². The molecule has 3 aromatic rings. The Kier molecular flexibility index (Phi) is 6.76. The van der Waals surface area contributed by atoms with Gasteiger partial charge in [-0.05, 0) is 63.0 Å². The third-order valence-electron chi connectivity index (χ3n) is 6.47. The van der Waals surface area contributed by atoms with Crippen LogP contribution in [0.25, 0.3) is 11.2 Å². The summed E-state index contributed by atoms with van der Waals surface area (Å²) in [4.78, 5) is 7.48. The zero-order valence-electron chi connectivity index (χ0n) is 19.8. The summed E-state index contributed by atoms with van der Waals surface area (Å²) < 4.78 is 40.5. The van der Waals surface area contributed by atoms with Crippen LogP contribution in [0.5, 0.6) is 0 Å². The highest BCUT2D eigenvalue weighted by atomic mass is 32.1. The fourth-order valence-corrected chi connectivity index (χ4v) is 5.04. The van der Waals surface area contributed by atoms with Gasteiger partial charge >= 0.3 is 0 Å². The first-order valence-corrected chi connectivity index (χ1v) is 12.2. The molecule has 4 N–H and O–H groups in total. The van der Waals surface area contributed by atoms with Gasteiger partial charge in [0.25, 0.3) is 0 Å². The van der Waals surface area contributed by atoms with E-state index >= 15 is 0 Å². The second kappa shape index (κ2) is 9.71. The van der Waals surface area contributed by atoms with Gasteiger partial charge in [-0.25, -0.2) is 13.5 Å². The molecule has 0 aliphatic heterocycles. The lowest BCUT2D eigenvalue weighted by atomic mass is 10.1. The fourth-order valence-electron chi connectivity index (χ4n) is 4.86. The fraction of sp³-hybridized carbons (Fsp3) is 0.565. The number of ether oxygens (including phenoxy) is 2.